The summed E-state index contributed by atoms with van der Waals surface area (Å²) in [5.74, 6) is -1.75. The van der Waals surface area contributed by atoms with Gasteiger partial charge in [0.15, 0.2) is 0 Å². The molecule has 1 unspecified atom stereocenters. The van der Waals surface area contributed by atoms with Gasteiger partial charge in [-0.3, -0.25) is 4.79 Å². The molecule has 4 heteroatoms. The van der Waals surface area contributed by atoms with Crippen LogP contribution in [0, 0.1) is 17.7 Å². The lowest BCUT2D eigenvalue weighted by Gasteiger charge is -2.16. The zero-order chi connectivity index (χ0) is 12.3. The maximum absolute atomic E-state index is 12.8. The number of carboxylic acid groups (broad SMARTS) is 1. The fourth-order valence-corrected chi connectivity index (χ4v) is 1.78. The molecule has 0 aliphatic heterocycles. The number of carbonyl (C=O) groups is 1. The Labute approximate surface area is 99.0 Å². The Morgan fingerprint density at radius 2 is 2.12 bits per heavy atom. The van der Waals surface area contributed by atoms with Gasteiger partial charge in [-0.1, -0.05) is 31.5 Å². The Morgan fingerprint density at radius 3 is 2.56 bits per heavy atom. The largest absolute Gasteiger partial charge is 0.481 e. The van der Waals surface area contributed by atoms with E-state index in [1.54, 1.807) is 0 Å². The first-order chi connectivity index (χ1) is 7.41. The van der Waals surface area contributed by atoms with Crippen LogP contribution in [0.3, 0.4) is 0 Å². The molecule has 1 atom stereocenters. The van der Waals surface area contributed by atoms with Crippen molar-refractivity contribution < 1.29 is 14.3 Å². The minimum atomic E-state index is -0.851. The standard InChI is InChI=1S/C12H14ClFO2/c1-7(2)10(12(15)16)5-8-3-4-9(14)6-11(8)13/h3-4,6-7,10H,5H2,1-2H3,(H,15,16). The predicted octanol–water partition coefficient (Wildman–Crippen LogP) is 3.38. The smallest absolute Gasteiger partial charge is 0.307 e. The van der Waals surface area contributed by atoms with E-state index >= 15 is 0 Å². The Hall–Kier alpha value is -1.09. The molecule has 0 aliphatic rings. The summed E-state index contributed by atoms with van der Waals surface area (Å²) < 4.78 is 12.8. The van der Waals surface area contributed by atoms with E-state index < -0.39 is 17.7 Å². The molecule has 1 rings (SSSR count). The predicted molar refractivity (Wildman–Crippen MR) is 61.1 cm³/mol. The van der Waals surface area contributed by atoms with E-state index in [2.05, 4.69) is 0 Å². The van der Waals surface area contributed by atoms with Gasteiger partial charge in [-0.25, -0.2) is 4.39 Å². The number of aliphatic carboxylic acids is 1. The van der Waals surface area contributed by atoms with Crippen molar-refractivity contribution in [3.8, 4) is 0 Å². The Bertz CT molecular complexity index is 391. The third-order valence-corrected chi connectivity index (χ3v) is 2.93. The number of carboxylic acids is 1. The third-order valence-electron chi connectivity index (χ3n) is 2.58. The summed E-state index contributed by atoms with van der Waals surface area (Å²) in [5.41, 5.74) is 0.671. The molecule has 1 N–H and O–H groups in total. The van der Waals surface area contributed by atoms with Crippen LogP contribution in [0.5, 0.6) is 0 Å². The highest BCUT2D eigenvalue weighted by Crippen LogP contribution is 2.24. The molecule has 0 saturated carbocycles. The van der Waals surface area contributed by atoms with Gasteiger partial charge in [0.1, 0.15) is 5.82 Å². The van der Waals surface area contributed by atoms with E-state index in [-0.39, 0.29) is 10.9 Å². The monoisotopic (exact) mass is 244 g/mol. The topological polar surface area (TPSA) is 37.3 Å². The van der Waals surface area contributed by atoms with Crippen LogP contribution in [-0.4, -0.2) is 11.1 Å². The minimum Gasteiger partial charge on any atom is -0.481 e. The van der Waals surface area contributed by atoms with Crippen LogP contribution in [0.15, 0.2) is 18.2 Å². The van der Waals surface area contributed by atoms with Gasteiger partial charge < -0.3 is 5.11 Å². The molecule has 1 aromatic carbocycles. The molecular weight excluding hydrogens is 231 g/mol. The lowest BCUT2D eigenvalue weighted by Crippen LogP contribution is -2.22. The van der Waals surface area contributed by atoms with Crippen LogP contribution < -0.4 is 0 Å². The van der Waals surface area contributed by atoms with Crippen molar-refractivity contribution in [3.63, 3.8) is 0 Å². The number of hydrogen-bond acceptors (Lipinski definition) is 1. The molecule has 0 saturated heterocycles. The average Bonchev–Trinajstić information content (AvgIpc) is 2.15. The zero-order valence-electron chi connectivity index (χ0n) is 9.21. The lowest BCUT2D eigenvalue weighted by atomic mass is 9.89. The second kappa shape index (κ2) is 5.30. The average molecular weight is 245 g/mol. The minimum absolute atomic E-state index is 0.0126. The van der Waals surface area contributed by atoms with Gasteiger partial charge in [0.25, 0.3) is 0 Å². The van der Waals surface area contributed by atoms with Gasteiger partial charge in [-0.15, -0.1) is 0 Å². The Kier molecular flexibility index (Phi) is 4.30. The third kappa shape index (κ3) is 3.20. The molecule has 0 heterocycles. The van der Waals surface area contributed by atoms with Gasteiger partial charge in [-0.2, -0.15) is 0 Å². The maximum atomic E-state index is 12.8. The van der Waals surface area contributed by atoms with Crippen LogP contribution in [0.1, 0.15) is 19.4 Å². The van der Waals surface area contributed by atoms with Crippen molar-refractivity contribution in [1.29, 1.82) is 0 Å². The van der Waals surface area contributed by atoms with E-state index in [0.717, 1.165) is 0 Å². The molecule has 88 valence electrons. The van der Waals surface area contributed by atoms with E-state index in [1.807, 2.05) is 13.8 Å². The number of halogens is 2. The van der Waals surface area contributed by atoms with Gasteiger partial charge in [-0.05, 0) is 30.0 Å². The molecule has 1 aromatic rings. The molecule has 0 fully saturated rings. The normalized spacial score (nSPS) is 12.8. The number of hydrogen-bond donors (Lipinski definition) is 1. The van der Waals surface area contributed by atoms with Gasteiger partial charge >= 0.3 is 5.97 Å². The molecule has 0 aromatic heterocycles. The zero-order valence-corrected chi connectivity index (χ0v) is 9.96. The molecule has 0 amide bonds. The van der Waals surface area contributed by atoms with Crippen molar-refractivity contribution in [2.45, 2.75) is 20.3 Å². The number of benzene rings is 1. The van der Waals surface area contributed by atoms with Crippen LogP contribution in [0.4, 0.5) is 4.39 Å². The molecule has 0 aliphatic carbocycles. The van der Waals surface area contributed by atoms with Gasteiger partial charge in [0, 0.05) is 5.02 Å². The van der Waals surface area contributed by atoms with E-state index in [9.17, 15) is 9.18 Å². The van der Waals surface area contributed by atoms with E-state index in [4.69, 9.17) is 16.7 Å². The van der Waals surface area contributed by atoms with Crippen molar-refractivity contribution >= 4 is 17.6 Å². The first kappa shape index (κ1) is 13.0. The summed E-state index contributed by atoms with van der Waals surface area (Å²) in [5, 5.41) is 9.32. The van der Waals surface area contributed by atoms with E-state index in [1.165, 1.54) is 18.2 Å². The molecule has 0 bridgehead atoms. The molecular formula is C12H14ClFO2. The molecule has 16 heavy (non-hydrogen) atoms. The fourth-order valence-electron chi connectivity index (χ4n) is 1.53. The molecule has 0 radical (unpaired) electrons. The Balaban J connectivity index is 2.90. The maximum Gasteiger partial charge on any atom is 0.307 e. The highest BCUT2D eigenvalue weighted by Gasteiger charge is 2.22. The van der Waals surface area contributed by atoms with Crippen molar-refractivity contribution in [3.05, 3.63) is 34.6 Å². The summed E-state index contributed by atoms with van der Waals surface area (Å²) in [7, 11) is 0. The summed E-state index contributed by atoms with van der Waals surface area (Å²) in [6.07, 6.45) is 0.326. The summed E-state index contributed by atoms with van der Waals surface area (Å²) in [6, 6.07) is 4.03. The highest BCUT2D eigenvalue weighted by molar-refractivity contribution is 6.31. The van der Waals surface area contributed by atoms with Gasteiger partial charge in [0.2, 0.25) is 0 Å². The van der Waals surface area contributed by atoms with Crippen molar-refractivity contribution in [2.75, 3.05) is 0 Å². The van der Waals surface area contributed by atoms with Crippen LogP contribution >= 0.6 is 11.6 Å². The summed E-state index contributed by atoms with van der Waals surface area (Å²) in [6.45, 7) is 3.69. The molecule has 2 nitrogen and oxygen atoms in total. The van der Waals surface area contributed by atoms with Crippen LogP contribution in [0.25, 0.3) is 0 Å². The molecule has 0 spiro atoms. The van der Waals surface area contributed by atoms with Crippen molar-refractivity contribution in [2.24, 2.45) is 11.8 Å². The Morgan fingerprint density at radius 1 is 1.50 bits per heavy atom. The second-order valence-corrected chi connectivity index (χ2v) is 4.54. The van der Waals surface area contributed by atoms with E-state index in [0.29, 0.717) is 12.0 Å². The van der Waals surface area contributed by atoms with Crippen LogP contribution in [-0.2, 0) is 11.2 Å². The quantitative estimate of drug-likeness (QED) is 0.882. The first-order valence-electron chi connectivity index (χ1n) is 5.08. The summed E-state index contributed by atoms with van der Waals surface area (Å²) in [4.78, 5) is 11.0. The fraction of sp³-hybridized carbons (Fsp3) is 0.417. The lowest BCUT2D eigenvalue weighted by molar-refractivity contribution is -0.143. The highest BCUT2D eigenvalue weighted by atomic mass is 35.5. The van der Waals surface area contributed by atoms with Crippen molar-refractivity contribution in [1.82, 2.24) is 0 Å². The SMILES string of the molecule is CC(C)C(Cc1ccc(F)cc1Cl)C(=O)O. The summed E-state index contributed by atoms with van der Waals surface area (Å²) >= 11 is 5.85. The second-order valence-electron chi connectivity index (χ2n) is 4.13. The number of rotatable bonds is 4. The van der Waals surface area contributed by atoms with Crippen LogP contribution in [0.2, 0.25) is 5.02 Å². The first-order valence-corrected chi connectivity index (χ1v) is 5.46. The van der Waals surface area contributed by atoms with Gasteiger partial charge in [0.05, 0.1) is 5.92 Å².